The summed E-state index contributed by atoms with van der Waals surface area (Å²) in [5.74, 6) is 1.48. The highest BCUT2D eigenvalue weighted by atomic mass is 16.6. The monoisotopic (exact) mass is 484 g/mol. The van der Waals surface area contributed by atoms with E-state index in [9.17, 15) is 10.1 Å². The first-order chi connectivity index (χ1) is 17.5. The third-order valence-corrected chi connectivity index (χ3v) is 5.42. The van der Waals surface area contributed by atoms with Crippen molar-refractivity contribution >= 4 is 5.97 Å². The van der Waals surface area contributed by atoms with Crippen LogP contribution in [0.25, 0.3) is 0 Å². The SMILES string of the molecule is C=CCOc1ccc(C2C(C#N)=C(N)Oc3cc(OC(=O)COc4ccc(OC)cc4)ccc32)cc1. The Kier molecular flexibility index (Phi) is 7.42. The molecule has 0 bridgehead atoms. The number of benzene rings is 3. The van der Waals surface area contributed by atoms with E-state index in [1.54, 1.807) is 55.7 Å². The molecule has 0 spiro atoms. The smallest absolute Gasteiger partial charge is 0.349 e. The quantitative estimate of drug-likeness (QED) is 0.269. The van der Waals surface area contributed by atoms with Crippen molar-refractivity contribution < 1.29 is 28.5 Å². The molecule has 1 aliphatic heterocycles. The molecule has 0 fully saturated rings. The highest BCUT2D eigenvalue weighted by Crippen LogP contribution is 2.43. The number of esters is 1. The molecule has 0 amide bonds. The molecule has 0 aliphatic carbocycles. The van der Waals surface area contributed by atoms with Crippen LogP contribution in [0.4, 0.5) is 0 Å². The topological polar surface area (TPSA) is 113 Å². The molecular weight excluding hydrogens is 460 g/mol. The molecule has 0 saturated carbocycles. The van der Waals surface area contributed by atoms with Crippen molar-refractivity contribution in [1.29, 1.82) is 5.26 Å². The summed E-state index contributed by atoms with van der Waals surface area (Å²) in [6, 6.07) is 21.3. The fourth-order valence-electron chi connectivity index (χ4n) is 3.73. The van der Waals surface area contributed by atoms with Crippen LogP contribution in [0.5, 0.6) is 28.7 Å². The van der Waals surface area contributed by atoms with Gasteiger partial charge in [-0.1, -0.05) is 30.9 Å². The molecule has 2 N–H and O–H groups in total. The van der Waals surface area contributed by atoms with Crippen molar-refractivity contribution in [3.8, 4) is 34.8 Å². The lowest BCUT2D eigenvalue weighted by Gasteiger charge is -2.26. The number of allylic oxidation sites excluding steroid dienone is 1. The summed E-state index contributed by atoms with van der Waals surface area (Å²) < 4.78 is 27.2. The van der Waals surface area contributed by atoms with Gasteiger partial charge in [-0.05, 0) is 48.0 Å². The largest absolute Gasteiger partial charge is 0.497 e. The Morgan fingerprint density at radius 1 is 1.03 bits per heavy atom. The predicted molar refractivity (Wildman–Crippen MR) is 132 cm³/mol. The minimum atomic E-state index is -0.588. The van der Waals surface area contributed by atoms with Gasteiger partial charge < -0.3 is 29.4 Å². The highest BCUT2D eigenvalue weighted by Gasteiger charge is 2.31. The maximum atomic E-state index is 12.3. The molecule has 4 rings (SSSR count). The second-order valence-electron chi connectivity index (χ2n) is 7.73. The summed E-state index contributed by atoms with van der Waals surface area (Å²) in [6.45, 7) is 3.75. The Morgan fingerprint density at radius 3 is 2.33 bits per heavy atom. The number of methoxy groups -OCH3 is 1. The zero-order valence-electron chi connectivity index (χ0n) is 19.6. The molecule has 1 atom stereocenters. The molecule has 0 aromatic heterocycles. The summed E-state index contributed by atoms with van der Waals surface area (Å²) in [4.78, 5) is 12.3. The third-order valence-electron chi connectivity index (χ3n) is 5.42. The lowest BCUT2D eigenvalue weighted by atomic mass is 9.83. The Labute approximate surface area is 208 Å². The van der Waals surface area contributed by atoms with Crippen molar-refractivity contribution in [3.05, 3.63) is 102 Å². The molecule has 182 valence electrons. The van der Waals surface area contributed by atoms with Crippen LogP contribution >= 0.6 is 0 Å². The number of nitriles is 1. The van der Waals surface area contributed by atoms with Gasteiger partial charge in [0.2, 0.25) is 5.88 Å². The lowest BCUT2D eigenvalue weighted by molar-refractivity contribution is -0.136. The zero-order chi connectivity index (χ0) is 25.5. The molecule has 1 heterocycles. The third kappa shape index (κ3) is 5.42. The number of fused-ring (bicyclic) bond motifs is 1. The maximum Gasteiger partial charge on any atom is 0.349 e. The number of carbonyl (C=O) groups excluding carboxylic acids is 1. The van der Waals surface area contributed by atoms with Crippen molar-refractivity contribution in [1.82, 2.24) is 0 Å². The lowest BCUT2D eigenvalue weighted by Crippen LogP contribution is -2.21. The normalized spacial score (nSPS) is 14.1. The first kappa shape index (κ1) is 24.2. The van der Waals surface area contributed by atoms with Crippen LogP contribution in [0, 0.1) is 11.3 Å². The maximum absolute atomic E-state index is 12.3. The van der Waals surface area contributed by atoms with Crippen LogP contribution in [-0.4, -0.2) is 26.3 Å². The van der Waals surface area contributed by atoms with E-state index < -0.39 is 11.9 Å². The average molecular weight is 485 g/mol. The van der Waals surface area contributed by atoms with Gasteiger partial charge in [-0.15, -0.1) is 0 Å². The van der Waals surface area contributed by atoms with Crippen LogP contribution < -0.4 is 29.4 Å². The van der Waals surface area contributed by atoms with Gasteiger partial charge in [-0.3, -0.25) is 0 Å². The van der Waals surface area contributed by atoms with Crippen LogP contribution in [0.15, 0.2) is 90.8 Å². The van der Waals surface area contributed by atoms with Crippen molar-refractivity contribution in [2.24, 2.45) is 5.73 Å². The minimum Gasteiger partial charge on any atom is -0.497 e. The van der Waals surface area contributed by atoms with Gasteiger partial charge in [0.1, 0.15) is 47.0 Å². The molecule has 3 aromatic rings. The number of carbonyl (C=O) groups is 1. The van der Waals surface area contributed by atoms with Crippen LogP contribution in [-0.2, 0) is 4.79 Å². The summed E-state index contributed by atoms with van der Waals surface area (Å²) in [5.41, 5.74) is 7.92. The van der Waals surface area contributed by atoms with Crippen molar-refractivity contribution in [3.63, 3.8) is 0 Å². The van der Waals surface area contributed by atoms with E-state index in [1.165, 1.54) is 0 Å². The van der Waals surface area contributed by atoms with E-state index in [1.807, 2.05) is 24.3 Å². The van der Waals surface area contributed by atoms with Gasteiger partial charge in [-0.2, -0.15) is 5.26 Å². The number of nitrogens with zero attached hydrogens (tertiary/aromatic N) is 1. The number of hydrogen-bond acceptors (Lipinski definition) is 8. The van der Waals surface area contributed by atoms with Crippen molar-refractivity contribution in [2.75, 3.05) is 20.3 Å². The van der Waals surface area contributed by atoms with Gasteiger partial charge in [0.05, 0.1) is 13.0 Å². The molecule has 3 aromatic carbocycles. The Bertz CT molecular complexity index is 1320. The zero-order valence-corrected chi connectivity index (χ0v) is 19.6. The van der Waals surface area contributed by atoms with Crippen LogP contribution in [0.2, 0.25) is 0 Å². The van der Waals surface area contributed by atoms with Gasteiger partial charge >= 0.3 is 5.97 Å². The molecule has 8 nitrogen and oxygen atoms in total. The number of rotatable bonds is 9. The Morgan fingerprint density at radius 2 is 1.67 bits per heavy atom. The van der Waals surface area contributed by atoms with Gasteiger partial charge in [-0.25, -0.2) is 4.79 Å². The molecular formula is C28H24N2O6. The first-order valence-electron chi connectivity index (χ1n) is 11.0. The summed E-state index contributed by atoms with van der Waals surface area (Å²) >= 11 is 0. The predicted octanol–water partition coefficient (Wildman–Crippen LogP) is 4.46. The van der Waals surface area contributed by atoms with E-state index >= 15 is 0 Å². The molecule has 0 radical (unpaired) electrons. The van der Waals surface area contributed by atoms with Crippen molar-refractivity contribution in [2.45, 2.75) is 5.92 Å². The minimum absolute atomic E-state index is 0.00620. The van der Waals surface area contributed by atoms with E-state index in [4.69, 9.17) is 29.4 Å². The molecule has 36 heavy (non-hydrogen) atoms. The molecule has 1 aliphatic rings. The summed E-state index contributed by atoms with van der Waals surface area (Å²) in [7, 11) is 1.57. The van der Waals surface area contributed by atoms with Gasteiger partial charge in [0, 0.05) is 11.6 Å². The van der Waals surface area contributed by atoms with Crippen LogP contribution in [0.3, 0.4) is 0 Å². The molecule has 8 heteroatoms. The Hall–Kier alpha value is -4.90. The highest BCUT2D eigenvalue weighted by molar-refractivity contribution is 5.74. The second-order valence-corrected chi connectivity index (χ2v) is 7.73. The number of ether oxygens (including phenoxy) is 5. The first-order valence-corrected chi connectivity index (χ1v) is 11.0. The fraction of sp³-hybridized carbons (Fsp3) is 0.143. The second kappa shape index (κ2) is 11.0. The van der Waals surface area contributed by atoms with E-state index in [0.29, 0.717) is 35.2 Å². The Balaban J connectivity index is 1.50. The molecule has 0 saturated heterocycles. The van der Waals surface area contributed by atoms with Gasteiger partial charge in [0.25, 0.3) is 0 Å². The van der Waals surface area contributed by atoms with Crippen LogP contribution in [0.1, 0.15) is 17.0 Å². The fourth-order valence-corrected chi connectivity index (χ4v) is 3.73. The summed E-state index contributed by atoms with van der Waals surface area (Å²) in [5, 5.41) is 9.75. The summed E-state index contributed by atoms with van der Waals surface area (Å²) in [6.07, 6.45) is 1.66. The number of hydrogen-bond donors (Lipinski definition) is 1. The average Bonchev–Trinajstić information content (AvgIpc) is 2.90. The standard InChI is InChI=1S/C28H24N2O6/c1-3-14-33-20-6-4-18(5-7-20)27-23-13-12-22(15-25(23)36-28(30)24(27)16-29)35-26(31)17-34-21-10-8-19(32-2)9-11-21/h3-13,15,27H,1,14,17,30H2,2H3. The van der Waals surface area contributed by atoms with E-state index in [-0.39, 0.29) is 18.2 Å². The van der Waals surface area contributed by atoms with E-state index in [2.05, 4.69) is 12.6 Å². The number of nitrogens with two attached hydrogens (primary N) is 1. The van der Waals surface area contributed by atoms with Gasteiger partial charge in [0.15, 0.2) is 6.61 Å². The van der Waals surface area contributed by atoms with E-state index in [0.717, 1.165) is 11.1 Å². The molecule has 1 unspecified atom stereocenters.